The lowest BCUT2D eigenvalue weighted by Crippen LogP contribution is -2.34. The highest BCUT2D eigenvalue weighted by molar-refractivity contribution is 6.31. The number of nitrogens with zero attached hydrogens (tertiary/aromatic N) is 1. The van der Waals surface area contributed by atoms with Crippen LogP contribution < -0.4 is 10.9 Å². The Bertz CT molecular complexity index is 1070. The van der Waals surface area contributed by atoms with Crippen LogP contribution in [0.25, 0.3) is 11.0 Å². The van der Waals surface area contributed by atoms with Crippen LogP contribution in [0, 0.1) is 5.82 Å². The van der Waals surface area contributed by atoms with Gasteiger partial charge in [0.1, 0.15) is 17.0 Å². The fraction of sp³-hybridized carbons (Fsp3) is 0.238. The van der Waals surface area contributed by atoms with Crippen molar-refractivity contribution in [1.82, 2.24) is 5.32 Å². The molecule has 1 amide bonds. The average molecular weight is 401 g/mol. The summed E-state index contributed by atoms with van der Waals surface area (Å²) < 4.78 is 24.6. The van der Waals surface area contributed by atoms with Crippen molar-refractivity contribution < 1.29 is 18.3 Å². The number of nitrogens with one attached hydrogen (secondary N) is 1. The summed E-state index contributed by atoms with van der Waals surface area (Å²) in [5.41, 5.74) is 1.44. The molecule has 2 aromatic carbocycles. The Morgan fingerprint density at radius 3 is 2.79 bits per heavy atom. The zero-order chi connectivity index (χ0) is 19.5. The van der Waals surface area contributed by atoms with Crippen LogP contribution in [0.2, 0.25) is 5.02 Å². The van der Waals surface area contributed by atoms with Crippen LogP contribution >= 0.6 is 11.6 Å². The summed E-state index contributed by atoms with van der Waals surface area (Å²) in [5, 5.41) is 4.10. The number of halogens is 2. The first-order chi connectivity index (χ1) is 13.6. The predicted molar refractivity (Wildman–Crippen MR) is 104 cm³/mol. The van der Waals surface area contributed by atoms with E-state index in [2.05, 4.69) is 10.3 Å². The molecule has 3 aromatic rings. The summed E-state index contributed by atoms with van der Waals surface area (Å²) in [6, 6.07) is 12.5. The van der Waals surface area contributed by atoms with E-state index >= 15 is 0 Å². The fourth-order valence-corrected chi connectivity index (χ4v) is 3.27. The summed E-state index contributed by atoms with van der Waals surface area (Å²) >= 11 is 6.06. The van der Waals surface area contributed by atoms with Crippen molar-refractivity contribution in [3.63, 3.8) is 0 Å². The Morgan fingerprint density at radius 1 is 1.21 bits per heavy atom. The monoisotopic (exact) mass is 400 g/mol. The second kappa shape index (κ2) is 8.12. The molecular weight excluding hydrogens is 383 g/mol. The average Bonchev–Trinajstić information content (AvgIpc) is 3.21. The summed E-state index contributed by atoms with van der Waals surface area (Å²) in [6.45, 7) is 1.14. The number of ether oxygens (including phenoxy) is 1. The lowest BCUT2D eigenvalue weighted by Gasteiger charge is -2.11. The minimum atomic E-state index is -0.362. The molecule has 0 aliphatic carbocycles. The van der Waals surface area contributed by atoms with E-state index < -0.39 is 0 Å². The molecule has 2 heterocycles. The number of hydrogen-bond acceptors (Lipinski definition) is 4. The summed E-state index contributed by atoms with van der Waals surface area (Å²) in [7, 11) is 0. The van der Waals surface area contributed by atoms with E-state index in [4.69, 9.17) is 20.8 Å². The molecule has 0 spiro atoms. The van der Waals surface area contributed by atoms with Gasteiger partial charge in [-0.25, -0.2) is 9.38 Å². The van der Waals surface area contributed by atoms with Crippen molar-refractivity contribution in [2.75, 3.05) is 13.2 Å². The Balaban J connectivity index is 1.74. The molecule has 1 atom stereocenters. The molecule has 5 nitrogen and oxygen atoms in total. The largest absolute Gasteiger partial charge is 0.438 e. The maximum atomic E-state index is 13.2. The van der Waals surface area contributed by atoms with E-state index in [1.807, 2.05) is 0 Å². The lowest BCUT2D eigenvalue weighted by molar-refractivity contribution is 0.0854. The van der Waals surface area contributed by atoms with Gasteiger partial charge in [-0.3, -0.25) is 4.79 Å². The number of amides is 1. The molecule has 0 unspecified atom stereocenters. The highest BCUT2D eigenvalue weighted by Crippen LogP contribution is 2.20. The molecule has 0 radical (unpaired) electrons. The van der Waals surface area contributed by atoms with E-state index in [0.717, 1.165) is 19.4 Å². The first kappa shape index (κ1) is 18.7. The Labute approximate surface area is 165 Å². The number of fused-ring (bicyclic) bond motifs is 1. The van der Waals surface area contributed by atoms with Crippen molar-refractivity contribution in [2.24, 2.45) is 4.99 Å². The summed E-state index contributed by atoms with van der Waals surface area (Å²) in [6.07, 6.45) is 1.94. The topological polar surface area (TPSA) is 63.8 Å². The van der Waals surface area contributed by atoms with Crippen molar-refractivity contribution in [1.29, 1.82) is 0 Å². The van der Waals surface area contributed by atoms with Crippen LogP contribution in [-0.4, -0.2) is 25.2 Å². The molecule has 1 aliphatic heterocycles. The van der Waals surface area contributed by atoms with Gasteiger partial charge < -0.3 is 14.5 Å². The van der Waals surface area contributed by atoms with Crippen LogP contribution in [0.15, 0.2) is 57.9 Å². The molecule has 4 rings (SSSR count). The second-order valence-electron chi connectivity index (χ2n) is 6.58. The number of hydrogen-bond donors (Lipinski definition) is 1. The third-order valence-corrected chi connectivity index (χ3v) is 4.76. The van der Waals surface area contributed by atoms with Gasteiger partial charge in [0, 0.05) is 23.6 Å². The number of rotatable bonds is 4. The fourth-order valence-electron chi connectivity index (χ4n) is 3.09. The molecule has 7 heteroatoms. The minimum absolute atomic E-state index is 0.0216. The van der Waals surface area contributed by atoms with Gasteiger partial charge in [0.15, 0.2) is 0 Å². The van der Waals surface area contributed by atoms with Crippen LogP contribution in [0.3, 0.4) is 0 Å². The second-order valence-corrected chi connectivity index (χ2v) is 7.02. The molecular formula is C21H18ClFN2O3. The third kappa shape index (κ3) is 4.24. The van der Waals surface area contributed by atoms with Crippen molar-refractivity contribution >= 4 is 34.2 Å². The van der Waals surface area contributed by atoms with Gasteiger partial charge in [-0.1, -0.05) is 11.6 Å². The Hall–Kier alpha value is -2.70. The lowest BCUT2D eigenvalue weighted by atomic mass is 10.1. The van der Waals surface area contributed by atoms with Gasteiger partial charge in [0.05, 0.1) is 11.8 Å². The maximum absolute atomic E-state index is 13.2. The van der Waals surface area contributed by atoms with Gasteiger partial charge in [-0.05, 0) is 61.4 Å². The normalized spacial score (nSPS) is 17.2. The first-order valence-electron chi connectivity index (χ1n) is 9.02. The highest BCUT2D eigenvalue weighted by atomic mass is 35.5. The molecule has 144 valence electrons. The van der Waals surface area contributed by atoms with Gasteiger partial charge in [-0.2, -0.15) is 0 Å². The number of carbonyl (C=O) groups is 1. The number of benzene rings is 2. The summed E-state index contributed by atoms with van der Waals surface area (Å²) in [5.74, 6) is -0.680. The van der Waals surface area contributed by atoms with E-state index in [0.29, 0.717) is 28.2 Å². The Kier molecular flexibility index (Phi) is 5.41. The predicted octanol–water partition coefficient (Wildman–Crippen LogP) is 4.37. The zero-order valence-corrected chi connectivity index (χ0v) is 15.7. The van der Waals surface area contributed by atoms with E-state index in [9.17, 15) is 9.18 Å². The molecule has 28 heavy (non-hydrogen) atoms. The standard InChI is InChI=1S/C21H18ClFN2O3/c22-14-3-8-19-13(10-14)11-18(20(26)24-12-17-2-1-9-27-17)21(28-19)25-16-6-4-15(23)5-7-16/h3-8,10-11,17H,1-2,9,12H2,(H,24,26)/t17-/m1/s1. The van der Waals surface area contributed by atoms with Gasteiger partial charge in [0.2, 0.25) is 5.55 Å². The van der Waals surface area contributed by atoms with Crippen molar-refractivity contribution in [3.8, 4) is 0 Å². The maximum Gasteiger partial charge on any atom is 0.256 e. The third-order valence-electron chi connectivity index (χ3n) is 4.52. The highest BCUT2D eigenvalue weighted by Gasteiger charge is 2.18. The van der Waals surface area contributed by atoms with Crippen LogP contribution in [0.1, 0.15) is 23.2 Å². The van der Waals surface area contributed by atoms with Gasteiger partial charge >= 0.3 is 0 Å². The van der Waals surface area contributed by atoms with Crippen LogP contribution in [0.4, 0.5) is 10.1 Å². The van der Waals surface area contributed by atoms with Crippen molar-refractivity contribution in [3.05, 3.63) is 70.5 Å². The minimum Gasteiger partial charge on any atom is -0.438 e. The van der Waals surface area contributed by atoms with E-state index in [1.54, 1.807) is 24.3 Å². The molecule has 1 fully saturated rings. The van der Waals surface area contributed by atoms with E-state index in [1.165, 1.54) is 24.3 Å². The van der Waals surface area contributed by atoms with Crippen LogP contribution in [0.5, 0.6) is 0 Å². The smallest absolute Gasteiger partial charge is 0.256 e. The Morgan fingerprint density at radius 2 is 2.04 bits per heavy atom. The molecule has 0 bridgehead atoms. The molecule has 1 aromatic heterocycles. The molecule has 1 saturated heterocycles. The molecule has 1 N–H and O–H groups in total. The molecule has 1 aliphatic rings. The summed E-state index contributed by atoms with van der Waals surface area (Å²) in [4.78, 5) is 17.2. The van der Waals surface area contributed by atoms with Crippen LogP contribution in [-0.2, 0) is 4.74 Å². The quantitative estimate of drug-likeness (QED) is 0.707. The van der Waals surface area contributed by atoms with Gasteiger partial charge in [0.25, 0.3) is 5.91 Å². The van der Waals surface area contributed by atoms with Crippen molar-refractivity contribution in [2.45, 2.75) is 18.9 Å². The molecule has 0 saturated carbocycles. The van der Waals surface area contributed by atoms with Gasteiger partial charge in [-0.15, -0.1) is 0 Å². The number of carbonyl (C=O) groups excluding carboxylic acids is 1. The first-order valence-corrected chi connectivity index (χ1v) is 9.40. The SMILES string of the molecule is O=C(NC[C@H]1CCCO1)c1cc2cc(Cl)ccc2oc1=Nc1ccc(F)cc1. The zero-order valence-electron chi connectivity index (χ0n) is 15.0. The van der Waals surface area contributed by atoms with E-state index in [-0.39, 0.29) is 28.9 Å².